The molecule has 0 atom stereocenters. The first-order valence-electron chi connectivity index (χ1n) is 5.97. The third-order valence-electron chi connectivity index (χ3n) is 2.48. The number of rotatable bonds is 3. The quantitative estimate of drug-likeness (QED) is 0.674. The summed E-state index contributed by atoms with van der Waals surface area (Å²) in [5.41, 5.74) is 0.590. The van der Waals surface area contributed by atoms with Crippen molar-refractivity contribution in [2.24, 2.45) is 0 Å². The summed E-state index contributed by atoms with van der Waals surface area (Å²) >= 11 is 0. The van der Waals surface area contributed by atoms with Gasteiger partial charge in [0.15, 0.2) is 0 Å². The van der Waals surface area contributed by atoms with E-state index in [1.165, 1.54) is 24.5 Å². The molecule has 8 heteroatoms. The molecule has 0 aliphatic heterocycles. The molecule has 2 aromatic rings. The van der Waals surface area contributed by atoms with E-state index in [1.54, 1.807) is 12.1 Å². The number of benzene rings is 1. The standard InChI is InChI=1S/C14H10F3N3O2/c15-14(16,17)22-11-5-3-9(4-6-11)12(18)21-13(19)10-2-1-7-20-8-10/h1-8,18-19H. The van der Waals surface area contributed by atoms with E-state index >= 15 is 0 Å². The zero-order chi connectivity index (χ0) is 16.2. The number of hydrogen-bond acceptors (Lipinski definition) is 5. The van der Waals surface area contributed by atoms with E-state index in [9.17, 15) is 13.2 Å². The molecule has 0 saturated carbocycles. The summed E-state index contributed by atoms with van der Waals surface area (Å²) in [7, 11) is 0. The maximum absolute atomic E-state index is 12.0. The van der Waals surface area contributed by atoms with Gasteiger partial charge in [0.05, 0.1) is 5.56 Å². The number of nitrogens with one attached hydrogen (secondary N) is 2. The lowest BCUT2D eigenvalue weighted by molar-refractivity contribution is -0.274. The average Bonchev–Trinajstić information content (AvgIpc) is 2.47. The van der Waals surface area contributed by atoms with Crippen molar-refractivity contribution in [2.75, 3.05) is 0 Å². The molecule has 5 nitrogen and oxygen atoms in total. The number of nitrogens with zero attached hydrogens (tertiary/aromatic N) is 1. The van der Waals surface area contributed by atoms with Gasteiger partial charge < -0.3 is 9.47 Å². The molecule has 0 radical (unpaired) electrons. The van der Waals surface area contributed by atoms with Crippen molar-refractivity contribution in [3.05, 3.63) is 59.9 Å². The molecule has 0 saturated heterocycles. The number of hydrogen-bond donors (Lipinski definition) is 2. The topological polar surface area (TPSA) is 79.0 Å². The highest BCUT2D eigenvalue weighted by molar-refractivity contribution is 6.04. The lowest BCUT2D eigenvalue weighted by Gasteiger charge is -2.10. The van der Waals surface area contributed by atoms with Gasteiger partial charge in [0.2, 0.25) is 11.8 Å². The Kier molecular flexibility index (Phi) is 4.40. The fourth-order valence-corrected chi connectivity index (χ4v) is 1.52. The molecule has 0 aliphatic carbocycles. The number of ether oxygens (including phenoxy) is 2. The summed E-state index contributed by atoms with van der Waals surface area (Å²) in [6.45, 7) is 0. The van der Waals surface area contributed by atoms with E-state index in [2.05, 4.69) is 9.72 Å². The minimum Gasteiger partial charge on any atom is -0.421 e. The molecule has 2 rings (SSSR count). The first-order chi connectivity index (χ1) is 10.3. The predicted molar refractivity (Wildman–Crippen MR) is 72.1 cm³/mol. The molecule has 114 valence electrons. The van der Waals surface area contributed by atoms with E-state index in [4.69, 9.17) is 15.6 Å². The molecule has 0 fully saturated rings. The average molecular weight is 309 g/mol. The molecular formula is C14H10F3N3O2. The van der Waals surface area contributed by atoms with E-state index in [1.807, 2.05) is 0 Å². The second-order valence-electron chi connectivity index (χ2n) is 4.07. The molecule has 1 aromatic carbocycles. The van der Waals surface area contributed by atoms with Gasteiger partial charge in [-0.3, -0.25) is 15.8 Å². The van der Waals surface area contributed by atoms with Crippen LogP contribution in [-0.4, -0.2) is 23.1 Å². The number of alkyl halides is 3. The van der Waals surface area contributed by atoms with Gasteiger partial charge in [0.1, 0.15) is 5.75 Å². The molecular weight excluding hydrogens is 299 g/mol. The van der Waals surface area contributed by atoms with Crippen molar-refractivity contribution in [1.82, 2.24) is 4.98 Å². The Bertz CT molecular complexity index is 670. The van der Waals surface area contributed by atoms with Crippen LogP contribution in [0, 0.1) is 10.8 Å². The highest BCUT2D eigenvalue weighted by Gasteiger charge is 2.31. The van der Waals surface area contributed by atoms with Gasteiger partial charge in [-0.05, 0) is 36.4 Å². The van der Waals surface area contributed by atoms with Gasteiger partial charge in [-0.25, -0.2) is 0 Å². The first kappa shape index (κ1) is 15.5. The van der Waals surface area contributed by atoms with Crippen LogP contribution in [0.15, 0.2) is 48.8 Å². The first-order valence-corrected chi connectivity index (χ1v) is 5.97. The Balaban J connectivity index is 2.03. The number of aromatic nitrogens is 1. The fraction of sp³-hybridized carbons (Fsp3) is 0.0714. The molecule has 2 N–H and O–H groups in total. The van der Waals surface area contributed by atoms with E-state index in [-0.39, 0.29) is 17.4 Å². The van der Waals surface area contributed by atoms with Crippen molar-refractivity contribution in [1.29, 1.82) is 10.8 Å². The predicted octanol–water partition coefficient (Wildman–Crippen LogP) is 3.35. The maximum Gasteiger partial charge on any atom is 0.573 e. The van der Waals surface area contributed by atoms with Gasteiger partial charge in [-0.15, -0.1) is 13.2 Å². The number of halogens is 3. The summed E-state index contributed by atoms with van der Waals surface area (Å²) in [6, 6.07) is 7.80. The van der Waals surface area contributed by atoms with Crippen molar-refractivity contribution >= 4 is 11.8 Å². The monoisotopic (exact) mass is 309 g/mol. The molecule has 0 unspecified atom stereocenters. The van der Waals surface area contributed by atoms with Crippen LogP contribution in [0.5, 0.6) is 5.75 Å². The van der Waals surface area contributed by atoms with Crippen LogP contribution in [0.3, 0.4) is 0 Å². The van der Waals surface area contributed by atoms with E-state index in [0.717, 1.165) is 12.1 Å². The van der Waals surface area contributed by atoms with Crippen LogP contribution < -0.4 is 4.74 Å². The number of pyridine rings is 1. The summed E-state index contributed by atoms with van der Waals surface area (Å²) < 4.78 is 44.9. The largest absolute Gasteiger partial charge is 0.573 e. The lowest BCUT2D eigenvalue weighted by atomic mass is 10.2. The summed E-state index contributed by atoms with van der Waals surface area (Å²) in [4.78, 5) is 3.82. The van der Waals surface area contributed by atoms with Crippen molar-refractivity contribution in [3.8, 4) is 5.75 Å². The van der Waals surface area contributed by atoms with Crippen molar-refractivity contribution < 1.29 is 22.6 Å². The second-order valence-corrected chi connectivity index (χ2v) is 4.07. The lowest BCUT2D eigenvalue weighted by Crippen LogP contribution is -2.17. The Morgan fingerprint density at radius 2 is 1.59 bits per heavy atom. The smallest absolute Gasteiger partial charge is 0.421 e. The highest BCUT2D eigenvalue weighted by atomic mass is 19.4. The molecule has 22 heavy (non-hydrogen) atoms. The van der Waals surface area contributed by atoms with Crippen LogP contribution in [-0.2, 0) is 4.74 Å². The highest BCUT2D eigenvalue weighted by Crippen LogP contribution is 2.22. The minimum atomic E-state index is -4.77. The summed E-state index contributed by atoms with van der Waals surface area (Å²) in [5, 5.41) is 15.4. The molecule has 0 bridgehead atoms. The van der Waals surface area contributed by atoms with Gasteiger partial charge in [-0.1, -0.05) is 0 Å². The maximum atomic E-state index is 12.0. The van der Waals surface area contributed by atoms with Gasteiger partial charge in [0.25, 0.3) is 0 Å². The Morgan fingerprint density at radius 3 is 2.14 bits per heavy atom. The minimum absolute atomic E-state index is 0.211. The molecule has 1 aromatic heterocycles. The van der Waals surface area contributed by atoms with Crippen molar-refractivity contribution in [2.45, 2.75) is 6.36 Å². The third-order valence-corrected chi connectivity index (χ3v) is 2.48. The fourth-order valence-electron chi connectivity index (χ4n) is 1.52. The Hall–Kier alpha value is -2.90. The van der Waals surface area contributed by atoms with Gasteiger partial charge >= 0.3 is 6.36 Å². The summed E-state index contributed by atoms with van der Waals surface area (Å²) in [5.74, 6) is -1.05. The Labute approximate surface area is 123 Å². The van der Waals surface area contributed by atoms with E-state index in [0.29, 0.717) is 5.56 Å². The second kappa shape index (κ2) is 6.25. The van der Waals surface area contributed by atoms with Crippen LogP contribution in [0.25, 0.3) is 0 Å². The van der Waals surface area contributed by atoms with Crippen LogP contribution in [0.2, 0.25) is 0 Å². The van der Waals surface area contributed by atoms with Crippen molar-refractivity contribution in [3.63, 3.8) is 0 Å². The van der Waals surface area contributed by atoms with E-state index < -0.39 is 12.1 Å². The van der Waals surface area contributed by atoms with Gasteiger partial charge in [0, 0.05) is 18.0 Å². The third kappa shape index (κ3) is 4.30. The van der Waals surface area contributed by atoms with Gasteiger partial charge in [-0.2, -0.15) is 0 Å². The summed E-state index contributed by atoms with van der Waals surface area (Å²) in [6.07, 6.45) is -1.84. The molecule has 0 amide bonds. The SMILES string of the molecule is N=C(OC(=N)c1cccnc1)c1ccc(OC(F)(F)F)cc1. The van der Waals surface area contributed by atoms with Crippen LogP contribution in [0.1, 0.15) is 11.1 Å². The zero-order valence-electron chi connectivity index (χ0n) is 11.0. The normalized spacial score (nSPS) is 10.9. The zero-order valence-corrected chi connectivity index (χ0v) is 11.0. The van der Waals surface area contributed by atoms with Crippen LogP contribution in [0.4, 0.5) is 13.2 Å². The Morgan fingerprint density at radius 1 is 0.955 bits per heavy atom. The van der Waals surface area contributed by atoms with Crippen LogP contribution >= 0.6 is 0 Å². The molecule has 1 heterocycles. The molecule has 0 spiro atoms. The molecule has 0 aliphatic rings.